The number of hydrogen-bond acceptors (Lipinski definition) is 6. The molecule has 0 aliphatic heterocycles. The third kappa shape index (κ3) is 5.35. The lowest BCUT2D eigenvalue weighted by atomic mass is 9.95. The molecule has 0 saturated heterocycles. The number of nitrogens with one attached hydrogen (secondary N) is 2. The average molecular weight is 493 g/mol. The van der Waals surface area contributed by atoms with Crippen molar-refractivity contribution < 1.29 is 19.0 Å². The van der Waals surface area contributed by atoms with Crippen LogP contribution in [0.5, 0.6) is 17.2 Å². The van der Waals surface area contributed by atoms with Gasteiger partial charge >= 0.3 is 0 Å². The lowest BCUT2D eigenvalue weighted by Gasteiger charge is -2.19. The second-order valence-corrected chi connectivity index (χ2v) is 9.38. The second-order valence-electron chi connectivity index (χ2n) is 9.38. The molecule has 1 atom stereocenters. The van der Waals surface area contributed by atoms with Gasteiger partial charge in [0.25, 0.3) is 0 Å². The first-order valence-electron chi connectivity index (χ1n) is 12.7. The Hall–Kier alpha value is -3.48. The van der Waals surface area contributed by atoms with E-state index in [2.05, 4.69) is 16.7 Å². The van der Waals surface area contributed by atoms with Crippen molar-refractivity contribution in [3.63, 3.8) is 0 Å². The number of hydrogen-bond donors (Lipinski definition) is 2. The van der Waals surface area contributed by atoms with Gasteiger partial charge in [-0.2, -0.15) is 0 Å². The molecule has 7 heteroatoms. The van der Waals surface area contributed by atoms with Crippen LogP contribution >= 0.6 is 0 Å². The fourth-order valence-electron chi connectivity index (χ4n) is 5.34. The Morgan fingerprint density at radius 3 is 2.50 bits per heavy atom. The molecule has 36 heavy (non-hydrogen) atoms. The molecule has 192 valence electrons. The minimum absolute atomic E-state index is 0.105. The van der Waals surface area contributed by atoms with Crippen molar-refractivity contribution in [2.75, 3.05) is 33.2 Å². The Morgan fingerprint density at radius 1 is 1.03 bits per heavy atom. The molecular formula is C29H36N2O5. The van der Waals surface area contributed by atoms with Gasteiger partial charge in [0.1, 0.15) is 0 Å². The van der Waals surface area contributed by atoms with Crippen LogP contribution in [0.25, 0.3) is 11.1 Å². The predicted octanol–water partition coefficient (Wildman–Crippen LogP) is 5.17. The Balaban J connectivity index is 1.81. The van der Waals surface area contributed by atoms with Gasteiger partial charge in [0.05, 0.1) is 33.1 Å². The molecule has 0 fully saturated rings. The number of ether oxygens (including phenoxy) is 3. The second kappa shape index (κ2) is 11.5. The lowest BCUT2D eigenvalue weighted by molar-refractivity contribution is -0.119. The van der Waals surface area contributed by atoms with Crippen molar-refractivity contribution in [2.24, 2.45) is 0 Å². The van der Waals surface area contributed by atoms with Crippen molar-refractivity contribution in [3.05, 3.63) is 57.3 Å². The molecule has 7 nitrogen and oxygen atoms in total. The van der Waals surface area contributed by atoms with E-state index in [1.165, 1.54) is 25.3 Å². The molecule has 0 aromatic heterocycles. The average Bonchev–Trinajstić information content (AvgIpc) is 3.12. The molecule has 0 radical (unpaired) electrons. The molecule has 0 bridgehead atoms. The summed E-state index contributed by atoms with van der Waals surface area (Å²) in [5.74, 6) is 1.48. The fraction of sp³-hybridized carbons (Fsp3) is 0.448. The summed E-state index contributed by atoms with van der Waals surface area (Å²) in [5.41, 5.74) is 5.36. The highest BCUT2D eigenvalue weighted by Gasteiger charge is 2.29. The van der Waals surface area contributed by atoms with Gasteiger partial charge in [-0.25, -0.2) is 0 Å². The summed E-state index contributed by atoms with van der Waals surface area (Å²) >= 11 is 0. The zero-order valence-corrected chi connectivity index (χ0v) is 21.7. The van der Waals surface area contributed by atoms with Crippen LogP contribution in [0, 0.1) is 0 Å². The Labute approximate surface area is 212 Å². The van der Waals surface area contributed by atoms with Gasteiger partial charge in [0.15, 0.2) is 11.5 Å². The van der Waals surface area contributed by atoms with Crippen molar-refractivity contribution in [1.82, 2.24) is 5.32 Å². The van der Waals surface area contributed by atoms with Crippen molar-refractivity contribution in [3.8, 4) is 28.4 Å². The number of carbonyl (C=O) groups excluding carboxylic acids is 1. The van der Waals surface area contributed by atoms with Crippen LogP contribution in [0.4, 0.5) is 5.69 Å². The van der Waals surface area contributed by atoms with Crippen LogP contribution in [-0.2, 0) is 11.2 Å². The summed E-state index contributed by atoms with van der Waals surface area (Å²) in [6, 6.07) is 7.09. The van der Waals surface area contributed by atoms with Crippen LogP contribution in [0.1, 0.15) is 62.6 Å². The molecule has 4 rings (SSSR count). The van der Waals surface area contributed by atoms with E-state index >= 15 is 0 Å². The molecule has 2 N–H and O–H groups in total. The van der Waals surface area contributed by atoms with E-state index in [1.807, 2.05) is 18.2 Å². The first-order chi connectivity index (χ1) is 17.5. The maximum Gasteiger partial charge on any atom is 0.217 e. The normalized spacial score (nSPS) is 16.6. The molecule has 2 aromatic carbocycles. The maximum absolute atomic E-state index is 13.3. The fourth-order valence-corrected chi connectivity index (χ4v) is 5.34. The molecular weight excluding hydrogens is 456 g/mol. The molecule has 2 aliphatic rings. The minimum Gasteiger partial charge on any atom is -0.493 e. The minimum atomic E-state index is -0.313. The summed E-state index contributed by atoms with van der Waals surface area (Å²) < 4.78 is 17.1. The number of anilines is 1. The Bertz CT molecular complexity index is 1220. The Kier molecular flexibility index (Phi) is 8.18. The molecule has 2 aliphatic carbocycles. The number of benzene rings is 1. The van der Waals surface area contributed by atoms with Gasteiger partial charge < -0.3 is 24.8 Å². The smallest absolute Gasteiger partial charge is 0.217 e. The summed E-state index contributed by atoms with van der Waals surface area (Å²) in [6.07, 6.45) is 9.37. The third-order valence-corrected chi connectivity index (χ3v) is 7.06. The number of rotatable bonds is 8. The van der Waals surface area contributed by atoms with Gasteiger partial charge in [-0.05, 0) is 79.8 Å². The quantitative estimate of drug-likeness (QED) is 0.495. The molecule has 0 heterocycles. The van der Waals surface area contributed by atoms with Gasteiger partial charge in [-0.3, -0.25) is 9.59 Å². The van der Waals surface area contributed by atoms with Crippen molar-refractivity contribution in [1.29, 1.82) is 0 Å². The highest BCUT2D eigenvalue weighted by molar-refractivity contribution is 5.83. The molecule has 0 unspecified atom stereocenters. The third-order valence-electron chi connectivity index (χ3n) is 7.06. The van der Waals surface area contributed by atoms with Gasteiger partial charge in [-0.1, -0.05) is 17.7 Å². The van der Waals surface area contributed by atoms with Crippen LogP contribution in [-0.4, -0.2) is 33.8 Å². The van der Waals surface area contributed by atoms with Gasteiger partial charge in [0, 0.05) is 19.0 Å². The van der Waals surface area contributed by atoms with Crippen LogP contribution in [0.15, 0.2) is 40.7 Å². The van der Waals surface area contributed by atoms with E-state index in [0.29, 0.717) is 42.3 Å². The van der Waals surface area contributed by atoms with E-state index < -0.39 is 0 Å². The topological polar surface area (TPSA) is 85.9 Å². The molecule has 0 spiro atoms. The number of aryl methyl sites for hydroxylation is 1. The van der Waals surface area contributed by atoms with E-state index in [4.69, 9.17) is 14.2 Å². The number of fused-ring (bicyclic) bond motifs is 3. The zero-order valence-electron chi connectivity index (χ0n) is 21.7. The Morgan fingerprint density at radius 2 is 1.83 bits per heavy atom. The van der Waals surface area contributed by atoms with Crippen LogP contribution < -0.4 is 30.3 Å². The maximum atomic E-state index is 13.3. The molecule has 2 aromatic rings. The van der Waals surface area contributed by atoms with Gasteiger partial charge in [-0.15, -0.1) is 0 Å². The van der Waals surface area contributed by atoms with Crippen molar-refractivity contribution >= 4 is 11.6 Å². The summed E-state index contributed by atoms with van der Waals surface area (Å²) in [5, 5.41) is 6.40. The zero-order chi connectivity index (χ0) is 25.7. The van der Waals surface area contributed by atoms with Crippen LogP contribution in [0.2, 0.25) is 0 Å². The number of carbonyl (C=O) groups is 1. The highest BCUT2D eigenvalue weighted by Crippen LogP contribution is 2.50. The van der Waals surface area contributed by atoms with E-state index in [1.54, 1.807) is 27.4 Å². The summed E-state index contributed by atoms with van der Waals surface area (Å²) in [4.78, 5) is 25.4. The molecule has 1 amide bonds. The number of amides is 1. The first-order valence-corrected chi connectivity index (χ1v) is 12.7. The standard InChI is InChI=1S/C29H36N2O5/c1-18(32)31-23-12-10-20-16-26(34-2)28(35-3)29(36-4)27(20)21-11-13-24(25(33)17-22(21)23)30-15-14-19-8-6-5-7-9-19/h8,11,13,16-17,23H,5-7,9-10,12,14-15H2,1-4H3,(H,30,33)(H,31,32)/t23-/m0/s1. The monoisotopic (exact) mass is 492 g/mol. The summed E-state index contributed by atoms with van der Waals surface area (Å²) in [7, 11) is 4.77. The SMILES string of the molecule is COc1cc2c(c(OC)c1OC)-c1ccc(NCCC3=CCCCC3)c(=O)cc1[C@@H](NC(C)=O)CC2. The predicted molar refractivity (Wildman–Crippen MR) is 142 cm³/mol. The van der Waals surface area contributed by atoms with Crippen molar-refractivity contribution in [2.45, 2.75) is 57.9 Å². The molecule has 0 saturated carbocycles. The van der Waals surface area contributed by atoms with E-state index in [0.717, 1.165) is 41.5 Å². The first kappa shape index (κ1) is 25.6. The largest absolute Gasteiger partial charge is 0.493 e. The number of allylic oxidation sites excluding steroid dienone is 1. The van der Waals surface area contributed by atoms with E-state index in [9.17, 15) is 9.59 Å². The van der Waals surface area contributed by atoms with Crippen LogP contribution in [0.3, 0.4) is 0 Å². The lowest BCUT2D eigenvalue weighted by Crippen LogP contribution is -2.26. The van der Waals surface area contributed by atoms with Gasteiger partial charge in [0.2, 0.25) is 17.1 Å². The van der Waals surface area contributed by atoms with E-state index in [-0.39, 0.29) is 17.4 Å². The highest BCUT2D eigenvalue weighted by atomic mass is 16.5. The number of methoxy groups -OCH3 is 3. The summed E-state index contributed by atoms with van der Waals surface area (Å²) in [6.45, 7) is 2.20.